The Morgan fingerprint density at radius 1 is 1.57 bits per heavy atom. The number of alkyl halides is 2. The van der Waals surface area contributed by atoms with Gasteiger partial charge in [-0.15, -0.1) is 0 Å². The summed E-state index contributed by atoms with van der Waals surface area (Å²) in [6.45, 7) is -1.97. The first-order chi connectivity index (χ1) is 6.53. The summed E-state index contributed by atoms with van der Waals surface area (Å²) in [7, 11) is 0. The highest BCUT2D eigenvalue weighted by Gasteiger charge is 2.27. The van der Waals surface area contributed by atoms with Gasteiger partial charge in [0, 0.05) is 6.04 Å². The van der Waals surface area contributed by atoms with E-state index in [0.29, 0.717) is 0 Å². The van der Waals surface area contributed by atoms with E-state index in [-0.39, 0.29) is 12.0 Å². The average Bonchev–Trinajstić information content (AvgIpc) is 2.08. The molecule has 0 saturated heterocycles. The number of nitrogens with two attached hydrogens (primary N) is 1. The number of guanidine groups is 1. The third-order valence-electron chi connectivity index (χ3n) is 2.17. The summed E-state index contributed by atoms with van der Waals surface area (Å²) in [5.41, 5.74) is 5.37. The standard InChI is InChI=1S/C8H15F2N3O/c9-8(10,5-14)4-12-7(11)13-6-2-1-3-6/h6,14H,1-5H2,(H3,11,12,13). The number of hydrogen-bond acceptors (Lipinski definition) is 2. The van der Waals surface area contributed by atoms with E-state index in [1.54, 1.807) is 0 Å². The van der Waals surface area contributed by atoms with Crippen LogP contribution in [0.1, 0.15) is 19.3 Å². The Bertz CT molecular complexity index is 217. The molecular weight excluding hydrogens is 192 g/mol. The van der Waals surface area contributed by atoms with E-state index in [2.05, 4.69) is 10.3 Å². The number of halogens is 2. The SMILES string of the molecule is NC(=NCC(F)(F)CO)NC1CCC1. The lowest BCUT2D eigenvalue weighted by Gasteiger charge is -2.26. The number of rotatable bonds is 4. The van der Waals surface area contributed by atoms with E-state index in [4.69, 9.17) is 10.8 Å². The van der Waals surface area contributed by atoms with Crippen LogP contribution in [0.2, 0.25) is 0 Å². The van der Waals surface area contributed by atoms with Crippen LogP contribution in [0.3, 0.4) is 0 Å². The molecule has 0 heterocycles. The van der Waals surface area contributed by atoms with E-state index < -0.39 is 19.1 Å². The fourth-order valence-electron chi connectivity index (χ4n) is 1.06. The second-order valence-corrected chi connectivity index (χ2v) is 3.49. The summed E-state index contributed by atoms with van der Waals surface area (Å²) in [4.78, 5) is 3.46. The summed E-state index contributed by atoms with van der Waals surface area (Å²) in [6.07, 6.45) is 3.15. The van der Waals surface area contributed by atoms with Gasteiger partial charge in [0.05, 0.1) is 0 Å². The molecule has 6 heteroatoms. The highest BCUT2D eigenvalue weighted by atomic mass is 19.3. The van der Waals surface area contributed by atoms with Gasteiger partial charge in [-0.1, -0.05) is 0 Å². The fourth-order valence-corrected chi connectivity index (χ4v) is 1.06. The van der Waals surface area contributed by atoms with Crippen LogP contribution >= 0.6 is 0 Å². The number of aliphatic hydroxyl groups excluding tert-OH is 1. The number of nitrogens with one attached hydrogen (secondary N) is 1. The molecule has 0 unspecified atom stereocenters. The third kappa shape index (κ3) is 3.45. The maximum absolute atomic E-state index is 12.5. The molecule has 0 bridgehead atoms. The predicted molar refractivity (Wildman–Crippen MR) is 49.3 cm³/mol. The van der Waals surface area contributed by atoms with Gasteiger partial charge in [-0.25, -0.2) is 13.8 Å². The van der Waals surface area contributed by atoms with Crippen molar-refractivity contribution in [3.05, 3.63) is 0 Å². The molecule has 0 aromatic carbocycles. The van der Waals surface area contributed by atoms with Crippen molar-refractivity contribution < 1.29 is 13.9 Å². The van der Waals surface area contributed by atoms with Crippen LogP contribution in [0.5, 0.6) is 0 Å². The Morgan fingerprint density at radius 3 is 2.64 bits per heavy atom. The smallest absolute Gasteiger partial charge is 0.289 e. The lowest BCUT2D eigenvalue weighted by atomic mass is 9.93. The molecule has 1 rings (SSSR count). The molecule has 0 atom stereocenters. The number of hydrogen-bond donors (Lipinski definition) is 3. The molecule has 1 saturated carbocycles. The zero-order valence-corrected chi connectivity index (χ0v) is 7.84. The Labute approximate surface area is 81.2 Å². The van der Waals surface area contributed by atoms with E-state index in [0.717, 1.165) is 19.3 Å². The first-order valence-corrected chi connectivity index (χ1v) is 4.58. The van der Waals surface area contributed by atoms with Crippen LogP contribution < -0.4 is 11.1 Å². The molecule has 1 fully saturated rings. The highest BCUT2D eigenvalue weighted by Crippen LogP contribution is 2.17. The van der Waals surface area contributed by atoms with Crippen molar-refractivity contribution in [2.75, 3.05) is 13.2 Å². The van der Waals surface area contributed by atoms with E-state index in [1.165, 1.54) is 0 Å². The Kier molecular flexibility index (Phi) is 3.62. The molecule has 82 valence electrons. The molecular formula is C8H15F2N3O. The van der Waals surface area contributed by atoms with Gasteiger partial charge >= 0.3 is 0 Å². The van der Waals surface area contributed by atoms with Crippen molar-refractivity contribution in [3.8, 4) is 0 Å². The Balaban J connectivity index is 2.27. The van der Waals surface area contributed by atoms with Crippen LogP contribution in [0, 0.1) is 0 Å². The molecule has 4 nitrogen and oxygen atoms in total. The minimum absolute atomic E-state index is 0.0304. The summed E-state index contributed by atoms with van der Waals surface area (Å²) in [5.74, 6) is -3.14. The van der Waals surface area contributed by atoms with Crippen molar-refractivity contribution in [2.24, 2.45) is 10.7 Å². The third-order valence-corrected chi connectivity index (χ3v) is 2.17. The van der Waals surface area contributed by atoms with Crippen molar-refractivity contribution in [1.29, 1.82) is 0 Å². The van der Waals surface area contributed by atoms with Gasteiger partial charge < -0.3 is 16.2 Å². The minimum atomic E-state index is -3.17. The van der Waals surface area contributed by atoms with Crippen molar-refractivity contribution >= 4 is 5.96 Å². The molecule has 0 spiro atoms. The van der Waals surface area contributed by atoms with Crippen LogP contribution in [-0.2, 0) is 0 Å². The first kappa shape index (κ1) is 11.2. The largest absolute Gasteiger partial charge is 0.390 e. The van der Waals surface area contributed by atoms with Gasteiger partial charge in [0.25, 0.3) is 5.92 Å². The molecule has 0 aromatic heterocycles. The number of aliphatic imine (C=N–C) groups is 1. The summed E-state index contributed by atoms with van der Waals surface area (Å²) >= 11 is 0. The van der Waals surface area contributed by atoms with Gasteiger partial charge in [-0.2, -0.15) is 0 Å². The zero-order valence-electron chi connectivity index (χ0n) is 7.84. The van der Waals surface area contributed by atoms with Crippen LogP contribution in [-0.4, -0.2) is 36.2 Å². The van der Waals surface area contributed by atoms with Gasteiger partial charge in [0.1, 0.15) is 13.2 Å². The maximum atomic E-state index is 12.5. The second-order valence-electron chi connectivity index (χ2n) is 3.49. The van der Waals surface area contributed by atoms with Crippen LogP contribution in [0.4, 0.5) is 8.78 Å². The minimum Gasteiger partial charge on any atom is -0.390 e. The first-order valence-electron chi connectivity index (χ1n) is 4.58. The molecule has 0 aromatic rings. The maximum Gasteiger partial charge on any atom is 0.289 e. The zero-order chi connectivity index (χ0) is 10.6. The van der Waals surface area contributed by atoms with Crippen molar-refractivity contribution in [3.63, 3.8) is 0 Å². The molecule has 4 N–H and O–H groups in total. The monoisotopic (exact) mass is 207 g/mol. The Hall–Kier alpha value is -0.910. The van der Waals surface area contributed by atoms with Crippen molar-refractivity contribution in [1.82, 2.24) is 5.32 Å². The molecule has 0 radical (unpaired) electrons. The number of aliphatic hydroxyl groups is 1. The van der Waals surface area contributed by atoms with Crippen molar-refractivity contribution in [2.45, 2.75) is 31.2 Å². The summed E-state index contributed by atoms with van der Waals surface area (Å²) in [6, 6.07) is 0.279. The van der Waals surface area contributed by atoms with Gasteiger partial charge in [0.2, 0.25) is 0 Å². The lowest BCUT2D eigenvalue weighted by Crippen LogP contribution is -2.44. The molecule has 1 aliphatic carbocycles. The molecule has 1 aliphatic rings. The summed E-state index contributed by atoms with van der Waals surface area (Å²) in [5, 5.41) is 11.1. The quantitative estimate of drug-likeness (QED) is 0.451. The van der Waals surface area contributed by atoms with Crippen LogP contribution in [0.15, 0.2) is 4.99 Å². The van der Waals surface area contributed by atoms with E-state index >= 15 is 0 Å². The molecule has 14 heavy (non-hydrogen) atoms. The molecule has 0 aliphatic heterocycles. The van der Waals surface area contributed by atoms with E-state index in [1.807, 2.05) is 0 Å². The summed E-state index contributed by atoms with van der Waals surface area (Å²) < 4.78 is 25.0. The molecule has 0 amide bonds. The van der Waals surface area contributed by atoms with Gasteiger partial charge in [-0.3, -0.25) is 0 Å². The number of nitrogens with zero attached hydrogens (tertiary/aromatic N) is 1. The van der Waals surface area contributed by atoms with Gasteiger partial charge in [0.15, 0.2) is 5.96 Å². The fraction of sp³-hybridized carbons (Fsp3) is 0.875. The lowest BCUT2D eigenvalue weighted by molar-refractivity contribution is -0.0404. The average molecular weight is 207 g/mol. The van der Waals surface area contributed by atoms with Crippen LogP contribution in [0.25, 0.3) is 0 Å². The Morgan fingerprint density at radius 2 is 2.21 bits per heavy atom. The van der Waals surface area contributed by atoms with Gasteiger partial charge in [-0.05, 0) is 19.3 Å². The highest BCUT2D eigenvalue weighted by molar-refractivity contribution is 5.78. The topological polar surface area (TPSA) is 70.6 Å². The van der Waals surface area contributed by atoms with E-state index in [9.17, 15) is 8.78 Å². The second kappa shape index (κ2) is 4.54. The predicted octanol–water partition coefficient (Wildman–Crippen LogP) is 0.0708. The normalized spacial score (nSPS) is 19.2.